The minimum Gasteiger partial charge on any atom is -0.390 e. The molecule has 1 saturated carbocycles. The number of amides is 2. The Labute approximate surface area is 236 Å². The number of benzene rings is 2. The highest BCUT2D eigenvalue weighted by Gasteiger charge is 2.35. The summed E-state index contributed by atoms with van der Waals surface area (Å²) in [6.07, 6.45) is 6.03. The van der Waals surface area contributed by atoms with E-state index >= 15 is 0 Å². The van der Waals surface area contributed by atoms with Crippen LogP contribution >= 0.6 is 0 Å². The van der Waals surface area contributed by atoms with Crippen molar-refractivity contribution in [2.45, 2.75) is 89.9 Å². The molecule has 0 radical (unpaired) electrons. The Balaban J connectivity index is 1.37. The molecule has 2 aromatic carbocycles. The van der Waals surface area contributed by atoms with Crippen LogP contribution in [0.25, 0.3) is 0 Å². The van der Waals surface area contributed by atoms with E-state index in [2.05, 4.69) is 38.3 Å². The third-order valence-electron chi connectivity index (χ3n) is 8.80. The topological polar surface area (TPSA) is 85.2 Å². The lowest BCUT2D eigenvalue weighted by Crippen LogP contribution is -2.45. The van der Waals surface area contributed by atoms with Crippen molar-refractivity contribution in [3.8, 4) is 0 Å². The normalized spacial score (nSPS) is 23.3. The van der Waals surface area contributed by atoms with Crippen molar-refractivity contribution in [3.05, 3.63) is 65.0 Å². The Morgan fingerprint density at radius 1 is 1.05 bits per heavy atom. The van der Waals surface area contributed by atoms with Gasteiger partial charge in [-0.15, -0.1) is 0 Å². The van der Waals surface area contributed by atoms with Crippen molar-refractivity contribution in [2.75, 3.05) is 18.0 Å². The predicted molar refractivity (Wildman–Crippen MR) is 155 cm³/mol. The fraction of sp³-hybridized carbons (Fsp3) is 0.531. The number of likely N-dealkylation sites (tertiary alicyclic amines) is 1. The van der Waals surface area contributed by atoms with Gasteiger partial charge in [0, 0.05) is 43.2 Å². The second-order valence-corrected chi connectivity index (χ2v) is 12.3. The monoisotopic (exact) mass is 548 g/mol. The van der Waals surface area contributed by atoms with Crippen LogP contribution in [-0.2, 0) is 17.8 Å². The molecule has 0 bridgehead atoms. The Hall–Kier alpha value is -3.10. The molecule has 8 heteroatoms. The molecule has 0 spiro atoms. The second-order valence-electron chi connectivity index (χ2n) is 12.3. The molecule has 40 heavy (non-hydrogen) atoms. The minimum atomic E-state index is -0.641. The molecule has 2 heterocycles. The van der Waals surface area contributed by atoms with Gasteiger partial charge >= 0.3 is 0 Å². The Bertz CT molecular complexity index is 1270. The highest BCUT2D eigenvalue weighted by molar-refractivity contribution is 6.12. The van der Waals surface area contributed by atoms with Crippen LogP contribution in [-0.4, -0.2) is 58.4 Å². The molecule has 3 aliphatic rings. The van der Waals surface area contributed by atoms with Crippen molar-refractivity contribution >= 4 is 23.3 Å². The number of halogens is 1. The van der Waals surface area contributed by atoms with Crippen molar-refractivity contribution < 1.29 is 19.1 Å². The number of amidine groups is 1. The van der Waals surface area contributed by atoms with Gasteiger partial charge in [-0.1, -0.05) is 18.2 Å². The second kappa shape index (κ2) is 11.8. The molecular formula is C32H41FN4O3. The summed E-state index contributed by atoms with van der Waals surface area (Å²) < 4.78 is 13.8. The molecule has 0 aromatic heterocycles. The average Bonchev–Trinajstić information content (AvgIpc) is 3.25. The Morgan fingerprint density at radius 2 is 1.77 bits per heavy atom. The molecule has 2 N–H and O–H groups in total. The fourth-order valence-corrected chi connectivity index (χ4v) is 6.60. The van der Waals surface area contributed by atoms with Gasteiger partial charge in [0.15, 0.2) is 0 Å². The molecule has 0 unspecified atom stereocenters. The van der Waals surface area contributed by atoms with Gasteiger partial charge in [0.25, 0.3) is 5.91 Å². The molecule has 2 amide bonds. The SMILES string of the molecule is CC(=O)NC1CCC(N2C(=NC(=O)c3cccc(F)c3)Cc3ccc(CN4CCC(C(C)(C)O)CC4)cc32)CC1. The van der Waals surface area contributed by atoms with Gasteiger partial charge in [0.2, 0.25) is 5.91 Å². The Kier molecular flexibility index (Phi) is 8.38. The van der Waals surface area contributed by atoms with E-state index in [1.54, 1.807) is 13.0 Å². The molecule has 2 fully saturated rings. The van der Waals surface area contributed by atoms with Crippen LogP contribution in [0.4, 0.5) is 10.1 Å². The number of nitrogens with zero attached hydrogens (tertiary/aromatic N) is 3. The van der Waals surface area contributed by atoms with Gasteiger partial charge in [-0.2, -0.15) is 4.99 Å². The van der Waals surface area contributed by atoms with E-state index in [4.69, 9.17) is 0 Å². The van der Waals surface area contributed by atoms with Gasteiger partial charge in [-0.25, -0.2) is 4.39 Å². The number of hydrogen-bond donors (Lipinski definition) is 2. The zero-order valence-electron chi connectivity index (χ0n) is 23.8. The van der Waals surface area contributed by atoms with Gasteiger partial charge in [0.05, 0.1) is 5.60 Å². The molecular weight excluding hydrogens is 507 g/mol. The number of carbonyl (C=O) groups excluding carboxylic acids is 2. The quantitative estimate of drug-likeness (QED) is 0.539. The molecule has 5 rings (SSSR count). The number of nitrogens with one attached hydrogen (secondary N) is 1. The standard InChI is InChI=1S/C32H41FN4O3/c1-21(38)34-27-9-11-28(12-10-27)37-29-17-22(20-36-15-13-25(14-16-36)32(2,3)40)7-8-23(29)19-30(37)35-31(39)24-5-4-6-26(33)18-24/h4-8,17-18,25,27-28,40H,9-16,19-20H2,1-3H3,(H,34,38). The molecule has 0 atom stereocenters. The summed E-state index contributed by atoms with van der Waals surface area (Å²) in [7, 11) is 0. The molecule has 2 aromatic rings. The van der Waals surface area contributed by atoms with E-state index < -0.39 is 17.3 Å². The highest BCUT2D eigenvalue weighted by atomic mass is 19.1. The van der Waals surface area contributed by atoms with E-state index in [1.807, 2.05) is 13.8 Å². The van der Waals surface area contributed by atoms with Crippen molar-refractivity contribution in [1.82, 2.24) is 10.2 Å². The third kappa shape index (κ3) is 6.61. The number of hydrogen-bond acceptors (Lipinski definition) is 4. The number of aliphatic hydroxyl groups is 1. The number of fused-ring (bicyclic) bond motifs is 1. The first kappa shape index (κ1) is 28.4. The van der Waals surface area contributed by atoms with Gasteiger partial charge < -0.3 is 15.3 Å². The fourth-order valence-electron chi connectivity index (χ4n) is 6.60. The van der Waals surface area contributed by atoms with Crippen LogP contribution < -0.4 is 10.2 Å². The zero-order valence-corrected chi connectivity index (χ0v) is 23.8. The number of rotatable bonds is 6. The largest absolute Gasteiger partial charge is 0.390 e. The summed E-state index contributed by atoms with van der Waals surface area (Å²) in [5, 5.41) is 13.5. The lowest BCUT2D eigenvalue weighted by molar-refractivity contribution is -0.119. The third-order valence-corrected chi connectivity index (χ3v) is 8.80. The highest BCUT2D eigenvalue weighted by Crippen LogP contribution is 2.37. The molecule has 1 aliphatic carbocycles. The molecule has 1 saturated heterocycles. The summed E-state index contributed by atoms with van der Waals surface area (Å²) in [5.41, 5.74) is 3.05. The lowest BCUT2D eigenvalue weighted by Gasteiger charge is -2.38. The van der Waals surface area contributed by atoms with Crippen LogP contribution in [0.3, 0.4) is 0 Å². The van der Waals surface area contributed by atoms with Gasteiger partial charge in [-0.05, 0) is 107 Å². The van der Waals surface area contributed by atoms with Crippen molar-refractivity contribution in [2.24, 2.45) is 10.9 Å². The van der Waals surface area contributed by atoms with Gasteiger partial charge in [0.1, 0.15) is 11.7 Å². The maximum absolute atomic E-state index is 13.8. The van der Waals surface area contributed by atoms with E-state index in [-0.39, 0.29) is 23.6 Å². The van der Waals surface area contributed by atoms with E-state index in [1.165, 1.54) is 23.8 Å². The predicted octanol–water partition coefficient (Wildman–Crippen LogP) is 4.86. The van der Waals surface area contributed by atoms with Crippen LogP contribution in [0, 0.1) is 11.7 Å². The lowest BCUT2D eigenvalue weighted by atomic mass is 9.83. The van der Waals surface area contributed by atoms with E-state index in [0.29, 0.717) is 18.2 Å². The first-order valence-electron chi connectivity index (χ1n) is 14.6. The maximum Gasteiger partial charge on any atom is 0.278 e. The summed E-state index contributed by atoms with van der Waals surface area (Å²) in [6, 6.07) is 12.6. The zero-order chi connectivity index (χ0) is 28.4. The van der Waals surface area contributed by atoms with E-state index in [0.717, 1.165) is 69.4 Å². The van der Waals surface area contributed by atoms with Crippen LogP contribution in [0.1, 0.15) is 80.8 Å². The summed E-state index contributed by atoms with van der Waals surface area (Å²) in [5.74, 6) is 0.130. The number of anilines is 1. The number of aliphatic imine (C=N–C) groups is 1. The van der Waals surface area contributed by atoms with Crippen LogP contribution in [0.15, 0.2) is 47.5 Å². The van der Waals surface area contributed by atoms with Crippen LogP contribution in [0.5, 0.6) is 0 Å². The first-order valence-corrected chi connectivity index (χ1v) is 14.6. The molecule has 214 valence electrons. The van der Waals surface area contributed by atoms with Crippen molar-refractivity contribution in [3.63, 3.8) is 0 Å². The maximum atomic E-state index is 13.8. The number of piperidine rings is 1. The first-order chi connectivity index (χ1) is 19.1. The van der Waals surface area contributed by atoms with Crippen molar-refractivity contribution in [1.29, 1.82) is 0 Å². The molecule has 2 aliphatic heterocycles. The average molecular weight is 549 g/mol. The van der Waals surface area contributed by atoms with Crippen LogP contribution in [0.2, 0.25) is 0 Å². The minimum absolute atomic E-state index is 0.00543. The summed E-state index contributed by atoms with van der Waals surface area (Å²) in [4.78, 5) is 33.9. The number of carbonyl (C=O) groups is 2. The summed E-state index contributed by atoms with van der Waals surface area (Å²) >= 11 is 0. The Morgan fingerprint density at radius 3 is 2.42 bits per heavy atom. The smallest absolute Gasteiger partial charge is 0.278 e. The summed E-state index contributed by atoms with van der Waals surface area (Å²) in [6.45, 7) is 8.12. The molecule has 7 nitrogen and oxygen atoms in total. The van der Waals surface area contributed by atoms with Gasteiger partial charge in [-0.3, -0.25) is 14.5 Å². The van der Waals surface area contributed by atoms with E-state index in [9.17, 15) is 19.1 Å².